The van der Waals surface area contributed by atoms with E-state index in [0.29, 0.717) is 0 Å². The van der Waals surface area contributed by atoms with E-state index in [9.17, 15) is 0 Å². The standard InChI is InChI=1S/C9H11NO/c1-6(5-10)9-4-7(2)11-8(9)3/h4,6H,1-3H3. The Morgan fingerprint density at radius 3 is 2.55 bits per heavy atom. The van der Waals surface area contributed by atoms with Crippen molar-refractivity contribution in [3.05, 3.63) is 23.2 Å². The van der Waals surface area contributed by atoms with Crippen LogP contribution in [0.15, 0.2) is 10.5 Å². The average Bonchev–Trinajstić information content (AvgIpc) is 2.28. The van der Waals surface area contributed by atoms with Crippen LogP contribution in [0.25, 0.3) is 0 Å². The van der Waals surface area contributed by atoms with Crippen LogP contribution in [0.3, 0.4) is 0 Å². The van der Waals surface area contributed by atoms with E-state index >= 15 is 0 Å². The van der Waals surface area contributed by atoms with Crippen molar-refractivity contribution in [2.45, 2.75) is 26.7 Å². The molecule has 0 N–H and O–H groups in total. The number of nitriles is 1. The quantitative estimate of drug-likeness (QED) is 0.615. The number of aryl methyl sites for hydroxylation is 2. The lowest BCUT2D eigenvalue weighted by molar-refractivity contribution is 0.500. The zero-order chi connectivity index (χ0) is 8.43. The molecule has 0 saturated carbocycles. The molecule has 0 aromatic carbocycles. The highest BCUT2D eigenvalue weighted by molar-refractivity contribution is 5.27. The van der Waals surface area contributed by atoms with Gasteiger partial charge in [-0.3, -0.25) is 0 Å². The Labute approximate surface area is 66.4 Å². The van der Waals surface area contributed by atoms with Gasteiger partial charge in [-0.05, 0) is 26.8 Å². The van der Waals surface area contributed by atoms with E-state index < -0.39 is 0 Å². The highest BCUT2D eigenvalue weighted by Gasteiger charge is 2.10. The summed E-state index contributed by atoms with van der Waals surface area (Å²) in [6, 6.07) is 4.10. The Hall–Kier alpha value is -1.23. The van der Waals surface area contributed by atoms with E-state index in [-0.39, 0.29) is 5.92 Å². The summed E-state index contributed by atoms with van der Waals surface area (Å²) in [4.78, 5) is 0. The van der Waals surface area contributed by atoms with E-state index in [1.165, 1.54) is 0 Å². The zero-order valence-corrected chi connectivity index (χ0v) is 7.01. The predicted molar refractivity (Wildman–Crippen MR) is 42.2 cm³/mol. The molecular formula is C9H11NO. The molecule has 2 nitrogen and oxygen atoms in total. The lowest BCUT2D eigenvalue weighted by Gasteiger charge is -1.96. The molecule has 0 aliphatic carbocycles. The molecular weight excluding hydrogens is 138 g/mol. The van der Waals surface area contributed by atoms with Crippen molar-refractivity contribution in [2.24, 2.45) is 0 Å². The second-order valence-electron chi connectivity index (χ2n) is 2.72. The SMILES string of the molecule is Cc1cc(C(C)C#N)c(C)o1. The summed E-state index contributed by atoms with van der Waals surface area (Å²) in [6.07, 6.45) is 0. The summed E-state index contributed by atoms with van der Waals surface area (Å²) in [5.41, 5.74) is 1.00. The van der Waals surface area contributed by atoms with Gasteiger partial charge in [-0.1, -0.05) is 0 Å². The van der Waals surface area contributed by atoms with Gasteiger partial charge >= 0.3 is 0 Å². The maximum Gasteiger partial charge on any atom is 0.105 e. The van der Waals surface area contributed by atoms with Gasteiger partial charge in [0.2, 0.25) is 0 Å². The van der Waals surface area contributed by atoms with Crippen molar-refractivity contribution in [2.75, 3.05) is 0 Å². The van der Waals surface area contributed by atoms with Crippen molar-refractivity contribution in [3.8, 4) is 6.07 Å². The molecule has 58 valence electrons. The van der Waals surface area contributed by atoms with Gasteiger partial charge < -0.3 is 4.42 Å². The first-order chi connectivity index (χ1) is 5.15. The molecule has 1 aromatic heterocycles. The second-order valence-corrected chi connectivity index (χ2v) is 2.72. The molecule has 0 saturated heterocycles. The van der Waals surface area contributed by atoms with Crippen LogP contribution >= 0.6 is 0 Å². The normalized spacial score (nSPS) is 12.5. The van der Waals surface area contributed by atoms with Crippen LogP contribution in [-0.4, -0.2) is 0 Å². The summed E-state index contributed by atoms with van der Waals surface area (Å²) in [5, 5.41) is 8.63. The van der Waals surface area contributed by atoms with Crippen LogP contribution in [0.2, 0.25) is 0 Å². The topological polar surface area (TPSA) is 36.9 Å². The number of hydrogen-bond donors (Lipinski definition) is 0. The Bertz CT molecular complexity index is 293. The minimum absolute atomic E-state index is 0.0625. The van der Waals surface area contributed by atoms with Crippen LogP contribution in [0.1, 0.15) is 29.9 Å². The fraction of sp³-hybridized carbons (Fsp3) is 0.444. The summed E-state index contributed by atoms with van der Waals surface area (Å²) < 4.78 is 5.29. The number of rotatable bonds is 1. The molecule has 1 atom stereocenters. The van der Waals surface area contributed by atoms with Gasteiger partial charge in [0.15, 0.2) is 0 Å². The number of nitrogens with zero attached hydrogens (tertiary/aromatic N) is 1. The van der Waals surface area contributed by atoms with E-state index in [2.05, 4.69) is 6.07 Å². The molecule has 0 radical (unpaired) electrons. The van der Waals surface area contributed by atoms with E-state index in [1.54, 1.807) is 0 Å². The fourth-order valence-electron chi connectivity index (χ4n) is 1.15. The molecule has 0 aliphatic rings. The minimum atomic E-state index is -0.0625. The first kappa shape index (κ1) is 7.87. The van der Waals surface area contributed by atoms with Crippen LogP contribution in [0.5, 0.6) is 0 Å². The molecule has 0 spiro atoms. The minimum Gasteiger partial charge on any atom is -0.466 e. The highest BCUT2D eigenvalue weighted by Crippen LogP contribution is 2.21. The molecule has 0 bridgehead atoms. The van der Waals surface area contributed by atoms with Crippen LogP contribution in [0, 0.1) is 25.2 Å². The molecule has 1 rings (SSSR count). The molecule has 1 aromatic rings. The van der Waals surface area contributed by atoms with Crippen molar-refractivity contribution < 1.29 is 4.42 Å². The van der Waals surface area contributed by atoms with Crippen molar-refractivity contribution in [1.29, 1.82) is 5.26 Å². The Morgan fingerprint density at radius 2 is 2.18 bits per heavy atom. The van der Waals surface area contributed by atoms with Gasteiger partial charge in [0.25, 0.3) is 0 Å². The van der Waals surface area contributed by atoms with Crippen molar-refractivity contribution in [3.63, 3.8) is 0 Å². The maximum atomic E-state index is 8.63. The Balaban J connectivity index is 3.05. The van der Waals surface area contributed by atoms with Gasteiger partial charge in [0.1, 0.15) is 11.5 Å². The first-order valence-electron chi connectivity index (χ1n) is 3.61. The fourth-order valence-corrected chi connectivity index (χ4v) is 1.15. The third kappa shape index (κ3) is 1.43. The molecule has 1 unspecified atom stereocenters. The van der Waals surface area contributed by atoms with Crippen LogP contribution in [0.4, 0.5) is 0 Å². The smallest absolute Gasteiger partial charge is 0.105 e. The number of furan rings is 1. The second kappa shape index (κ2) is 2.79. The Morgan fingerprint density at radius 1 is 1.55 bits per heavy atom. The van der Waals surface area contributed by atoms with Crippen LogP contribution in [-0.2, 0) is 0 Å². The summed E-state index contributed by atoms with van der Waals surface area (Å²) >= 11 is 0. The van der Waals surface area contributed by atoms with Gasteiger partial charge in [-0.25, -0.2) is 0 Å². The maximum absolute atomic E-state index is 8.63. The zero-order valence-electron chi connectivity index (χ0n) is 7.01. The summed E-state index contributed by atoms with van der Waals surface area (Å²) in [7, 11) is 0. The lowest BCUT2D eigenvalue weighted by Crippen LogP contribution is -1.87. The third-order valence-corrected chi connectivity index (χ3v) is 1.74. The first-order valence-corrected chi connectivity index (χ1v) is 3.61. The van der Waals surface area contributed by atoms with Gasteiger partial charge in [-0.15, -0.1) is 0 Å². The van der Waals surface area contributed by atoms with Gasteiger partial charge in [0, 0.05) is 5.56 Å². The van der Waals surface area contributed by atoms with Crippen LogP contribution < -0.4 is 0 Å². The molecule has 0 aliphatic heterocycles. The molecule has 0 fully saturated rings. The summed E-state index contributed by atoms with van der Waals surface area (Å²) in [6.45, 7) is 5.65. The predicted octanol–water partition coefficient (Wildman–Crippen LogP) is 2.52. The summed E-state index contributed by atoms with van der Waals surface area (Å²) in [5.74, 6) is 1.67. The molecule has 0 amide bonds. The van der Waals surface area contributed by atoms with Crippen molar-refractivity contribution >= 4 is 0 Å². The van der Waals surface area contributed by atoms with Gasteiger partial charge in [0.05, 0.1) is 12.0 Å². The molecule has 1 heterocycles. The van der Waals surface area contributed by atoms with E-state index in [0.717, 1.165) is 17.1 Å². The van der Waals surface area contributed by atoms with E-state index in [1.807, 2.05) is 26.8 Å². The third-order valence-electron chi connectivity index (χ3n) is 1.74. The molecule has 2 heteroatoms. The lowest BCUT2D eigenvalue weighted by atomic mass is 10.0. The molecule has 11 heavy (non-hydrogen) atoms. The average molecular weight is 149 g/mol. The van der Waals surface area contributed by atoms with Crippen molar-refractivity contribution in [1.82, 2.24) is 0 Å². The van der Waals surface area contributed by atoms with E-state index in [4.69, 9.17) is 9.68 Å². The Kier molecular flexibility index (Phi) is 2.00. The largest absolute Gasteiger partial charge is 0.466 e. The monoisotopic (exact) mass is 149 g/mol. The van der Waals surface area contributed by atoms with Gasteiger partial charge in [-0.2, -0.15) is 5.26 Å². The number of hydrogen-bond acceptors (Lipinski definition) is 2. The highest BCUT2D eigenvalue weighted by atomic mass is 16.3.